The van der Waals surface area contributed by atoms with Crippen molar-refractivity contribution >= 4 is 39.8 Å². The number of aromatic nitrogens is 2. The molecule has 1 unspecified atom stereocenters. The molecule has 136 valence electrons. The van der Waals surface area contributed by atoms with Crippen LogP contribution in [0, 0.1) is 0 Å². The van der Waals surface area contributed by atoms with Crippen LogP contribution in [0.5, 0.6) is 0 Å². The molecule has 7 nitrogen and oxygen atoms in total. The number of hydrogen-bond acceptors (Lipinski definition) is 4. The summed E-state index contributed by atoms with van der Waals surface area (Å²) in [4.78, 5) is 4.16. The number of rotatable bonds is 4. The second-order valence-electron chi connectivity index (χ2n) is 5.79. The number of hydrogen-bond donors (Lipinski definition) is 2. The normalized spacial score (nSPS) is 19.2. The number of nitrogens with one attached hydrogen (secondary N) is 2. The number of halogens is 1. The third-order valence-electron chi connectivity index (χ3n) is 3.96. The van der Waals surface area contributed by atoms with Crippen molar-refractivity contribution in [2.45, 2.75) is 19.0 Å². The van der Waals surface area contributed by atoms with E-state index < -0.39 is 9.84 Å². The second-order valence-corrected chi connectivity index (χ2v) is 8.02. The summed E-state index contributed by atoms with van der Waals surface area (Å²) in [7, 11) is -1.22. The smallest absolute Gasteiger partial charge is 0.191 e. The Labute approximate surface area is 164 Å². The molecule has 1 aromatic heterocycles. The highest BCUT2D eigenvalue weighted by Gasteiger charge is 2.28. The monoisotopic (exact) mass is 475 g/mol. The van der Waals surface area contributed by atoms with Crippen molar-refractivity contribution < 1.29 is 8.42 Å². The van der Waals surface area contributed by atoms with Gasteiger partial charge in [0.25, 0.3) is 0 Å². The fourth-order valence-electron chi connectivity index (χ4n) is 2.67. The Morgan fingerprint density at radius 1 is 1.36 bits per heavy atom. The third kappa shape index (κ3) is 5.43. The summed E-state index contributed by atoms with van der Waals surface area (Å²) in [5, 5.41) is 10.6. The van der Waals surface area contributed by atoms with Crippen LogP contribution in [0.2, 0.25) is 0 Å². The predicted molar refractivity (Wildman–Crippen MR) is 109 cm³/mol. The Bertz CT molecular complexity index is 804. The largest absolute Gasteiger partial charge is 0.353 e. The summed E-state index contributed by atoms with van der Waals surface area (Å²) < 4.78 is 24.8. The fraction of sp³-hybridized carbons (Fsp3) is 0.375. The molecule has 1 atom stereocenters. The average molecular weight is 475 g/mol. The lowest BCUT2D eigenvalue weighted by molar-refractivity contribution is 0.599. The number of aliphatic imine (C=N–C) groups is 1. The minimum Gasteiger partial charge on any atom is -0.353 e. The first-order chi connectivity index (χ1) is 11.6. The molecule has 25 heavy (non-hydrogen) atoms. The first-order valence-corrected chi connectivity index (χ1v) is 9.64. The lowest BCUT2D eigenvalue weighted by atomic mass is 10.2. The SMILES string of the molecule is CN=C(NCc1ccc(-n2cccn2)cc1)NC1CCS(=O)(=O)C1.I. The Balaban J connectivity index is 0.00000225. The van der Waals surface area contributed by atoms with Crippen LogP contribution in [0.15, 0.2) is 47.7 Å². The zero-order valence-electron chi connectivity index (χ0n) is 13.9. The van der Waals surface area contributed by atoms with E-state index in [0.29, 0.717) is 18.9 Å². The van der Waals surface area contributed by atoms with Crippen LogP contribution >= 0.6 is 24.0 Å². The molecule has 1 saturated heterocycles. The first kappa shape index (κ1) is 19.7. The van der Waals surface area contributed by atoms with Crippen LogP contribution in [0.4, 0.5) is 0 Å². The van der Waals surface area contributed by atoms with Crippen LogP contribution in [0.3, 0.4) is 0 Å². The number of nitrogens with zero attached hydrogens (tertiary/aromatic N) is 3. The van der Waals surface area contributed by atoms with Gasteiger partial charge in [0.2, 0.25) is 0 Å². The molecule has 2 aromatic rings. The van der Waals surface area contributed by atoms with E-state index in [0.717, 1.165) is 11.3 Å². The number of benzene rings is 1. The maximum Gasteiger partial charge on any atom is 0.191 e. The van der Waals surface area contributed by atoms with Crippen LogP contribution in [0.25, 0.3) is 5.69 Å². The van der Waals surface area contributed by atoms with E-state index >= 15 is 0 Å². The molecule has 1 fully saturated rings. The molecule has 0 bridgehead atoms. The lowest BCUT2D eigenvalue weighted by Crippen LogP contribution is -2.43. The Morgan fingerprint density at radius 2 is 2.12 bits per heavy atom. The van der Waals surface area contributed by atoms with Gasteiger partial charge >= 0.3 is 0 Å². The molecule has 1 aliphatic rings. The van der Waals surface area contributed by atoms with E-state index in [2.05, 4.69) is 20.7 Å². The molecule has 1 aliphatic heterocycles. The highest BCUT2D eigenvalue weighted by Crippen LogP contribution is 2.11. The molecular weight excluding hydrogens is 453 g/mol. The molecular formula is C16H22IN5O2S. The average Bonchev–Trinajstić information content (AvgIpc) is 3.21. The summed E-state index contributed by atoms with van der Waals surface area (Å²) in [6, 6.07) is 9.87. The molecule has 9 heteroatoms. The Kier molecular flexibility index (Phi) is 6.82. The maximum absolute atomic E-state index is 11.5. The lowest BCUT2D eigenvalue weighted by Gasteiger charge is -2.16. The quantitative estimate of drug-likeness (QED) is 0.396. The minimum absolute atomic E-state index is 0. The standard InChI is InChI=1S/C16H21N5O2S.HI/c1-17-16(20-14-7-10-24(22,23)12-14)18-11-13-3-5-15(6-4-13)21-9-2-8-19-21;/h2-6,8-9,14H,7,10-12H2,1H3,(H2,17,18,20);1H. The van der Waals surface area contributed by atoms with Crippen LogP contribution in [0.1, 0.15) is 12.0 Å². The van der Waals surface area contributed by atoms with Gasteiger partial charge in [0.1, 0.15) is 0 Å². The van der Waals surface area contributed by atoms with Gasteiger partial charge in [-0.25, -0.2) is 13.1 Å². The van der Waals surface area contributed by atoms with Gasteiger partial charge in [-0.05, 0) is 30.2 Å². The van der Waals surface area contributed by atoms with E-state index in [-0.39, 0.29) is 41.5 Å². The van der Waals surface area contributed by atoms with E-state index in [9.17, 15) is 8.42 Å². The summed E-state index contributed by atoms with van der Waals surface area (Å²) in [5.41, 5.74) is 2.11. The Morgan fingerprint density at radius 3 is 2.68 bits per heavy atom. The van der Waals surface area contributed by atoms with Gasteiger partial charge in [-0.2, -0.15) is 5.10 Å². The fourth-order valence-corrected chi connectivity index (χ4v) is 4.34. The van der Waals surface area contributed by atoms with Crippen molar-refractivity contribution in [2.24, 2.45) is 4.99 Å². The van der Waals surface area contributed by atoms with Crippen molar-refractivity contribution in [1.82, 2.24) is 20.4 Å². The highest BCUT2D eigenvalue weighted by molar-refractivity contribution is 14.0. The van der Waals surface area contributed by atoms with Crippen molar-refractivity contribution in [3.8, 4) is 5.69 Å². The van der Waals surface area contributed by atoms with E-state index in [4.69, 9.17) is 0 Å². The van der Waals surface area contributed by atoms with Gasteiger partial charge < -0.3 is 10.6 Å². The van der Waals surface area contributed by atoms with Gasteiger partial charge in [-0.3, -0.25) is 4.99 Å². The molecule has 3 rings (SSSR count). The van der Waals surface area contributed by atoms with Crippen LogP contribution in [-0.4, -0.2) is 48.8 Å². The third-order valence-corrected chi connectivity index (χ3v) is 5.73. The Hall–Kier alpha value is -1.62. The number of guanidine groups is 1. The molecule has 1 aromatic carbocycles. The molecule has 2 N–H and O–H groups in total. The van der Waals surface area contributed by atoms with E-state index in [1.54, 1.807) is 17.9 Å². The van der Waals surface area contributed by atoms with Gasteiger partial charge in [0.05, 0.1) is 17.2 Å². The molecule has 0 saturated carbocycles. The molecule has 0 amide bonds. The topological polar surface area (TPSA) is 88.4 Å². The zero-order valence-corrected chi connectivity index (χ0v) is 17.1. The van der Waals surface area contributed by atoms with Crippen LogP contribution < -0.4 is 10.6 Å². The summed E-state index contributed by atoms with van der Waals surface area (Å²) >= 11 is 0. The number of sulfone groups is 1. The van der Waals surface area contributed by atoms with Crippen molar-refractivity contribution in [3.63, 3.8) is 0 Å². The predicted octanol–water partition coefficient (Wildman–Crippen LogP) is 1.34. The molecule has 0 spiro atoms. The first-order valence-electron chi connectivity index (χ1n) is 7.82. The minimum atomic E-state index is -2.90. The van der Waals surface area contributed by atoms with E-state index in [1.165, 1.54) is 0 Å². The highest BCUT2D eigenvalue weighted by atomic mass is 127. The maximum atomic E-state index is 11.5. The summed E-state index contributed by atoms with van der Waals surface area (Å²) in [6.07, 6.45) is 4.27. The molecule has 2 heterocycles. The molecule has 0 aliphatic carbocycles. The summed E-state index contributed by atoms with van der Waals surface area (Å²) in [6.45, 7) is 0.610. The van der Waals surface area contributed by atoms with Gasteiger partial charge in [-0.15, -0.1) is 24.0 Å². The van der Waals surface area contributed by atoms with Gasteiger partial charge in [-0.1, -0.05) is 12.1 Å². The van der Waals surface area contributed by atoms with Crippen molar-refractivity contribution in [3.05, 3.63) is 48.3 Å². The summed E-state index contributed by atoms with van der Waals surface area (Å²) in [5.74, 6) is 1.04. The van der Waals surface area contributed by atoms with Gasteiger partial charge in [0, 0.05) is 32.0 Å². The second kappa shape index (κ2) is 8.65. The van der Waals surface area contributed by atoms with Crippen LogP contribution in [-0.2, 0) is 16.4 Å². The molecule has 0 radical (unpaired) electrons. The van der Waals surface area contributed by atoms with Crippen molar-refractivity contribution in [1.29, 1.82) is 0 Å². The van der Waals surface area contributed by atoms with Crippen molar-refractivity contribution in [2.75, 3.05) is 18.6 Å². The van der Waals surface area contributed by atoms with Gasteiger partial charge in [0.15, 0.2) is 15.8 Å². The zero-order chi connectivity index (χ0) is 17.0. The van der Waals surface area contributed by atoms with E-state index in [1.807, 2.05) is 36.5 Å².